The molecular formula is C17H24N2O2. The number of likely N-dealkylation sites (tertiary alicyclic amines) is 1. The SMILES string of the molecule is Cc1ccccc1CC(=O)NCC(=O)N1CCCCCC1. The van der Waals surface area contributed by atoms with E-state index in [1.165, 1.54) is 12.8 Å². The number of carbonyl (C=O) groups is 2. The lowest BCUT2D eigenvalue weighted by Crippen LogP contribution is -2.41. The van der Waals surface area contributed by atoms with E-state index in [2.05, 4.69) is 5.32 Å². The summed E-state index contributed by atoms with van der Waals surface area (Å²) in [5.41, 5.74) is 2.11. The van der Waals surface area contributed by atoms with Gasteiger partial charge in [0.1, 0.15) is 0 Å². The Balaban J connectivity index is 1.78. The van der Waals surface area contributed by atoms with Gasteiger partial charge in [0, 0.05) is 13.1 Å². The summed E-state index contributed by atoms with van der Waals surface area (Å²) >= 11 is 0. The van der Waals surface area contributed by atoms with Crippen molar-refractivity contribution in [3.8, 4) is 0 Å². The minimum absolute atomic E-state index is 0.0371. The number of nitrogens with one attached hydrogen (secondary N) is 1. The first-order chi connectivity index (χ1) is 10.2. The second kappa shape index (κ2) is 7.81. The molecule has 21 heavy (non-hydrogen) atoms. The highest BCUT2D eigenvalue weighted by Crippen LogP contribution is 2.10. The van der Waals surface area contributed by atoms with E-state index in [-0.39, 0.29) is 18.4 Å². The monoisotopic (exact) mass is 288 g/mol. The first-order valence-electron chi connectivity index (χ1n) is 7.76. The maximum absolute atomic E-state index is 12.1. The van der Waals surface area contributed by atoms with Crippen LogP contribution < -0.4 is 5.32 Å². The van der Waals surface area contributed by atoms with E-state index in [4.69, 9.17) is 0 Å². The second-order valence-corrected chi connectivity index (χ2v) is 5.67. The maximum Gasteiger partial charge on any atom is 0.241 e. The molecule has 0 atom stereocenters. The summed E-state index contributed by atoms with van der Waals surface area (Å²) in [7, 11) is 0. The van der Waals surface area contributed by atoms with Gasteiger partial charge in [0.25, 0.3) is 0 Å². The summed E-state index contributed by atoms with van der Waals surface area (Å²) in [4.78, 5) is 25.9. The van der Waals surface area contributed by atoms with Gasteiger partial charge in [0.2, 0.25) is 11.8 Å². The molecule has 0 aromatic heterocycles. The van der Waals surface area contributed by atoms with Crippen LogP contribution in [-0.4, -0.2) is 36.3 Å². The van der Waals surface area contributed by atoms with Crippen LogP contribution in [0.4, 0.5) is 0 Å². The molecule has 0 aliphatic carbocycles. The molecule has 0 bridgehead atoms. The van der Waals surface area contributed by atoms with Gasteiger partial charge < -0.3 is 10.2 Å². The minimum atomic E-state index is -0.0903. The van der Waals surface area contributed by atoms with Gasteiger partial charge in [-0.3, -0.25) is 9.59 Å². The van der Waals surface area contributed by atoms with Crippen molar-refractivity contribution < 1.29 is 9.59 Å². The van der Waals surface area contributed by atoms with Crippen LogP contribution in [0.25, 0.3) is 0 Å². The van der Waals surface area contributed by atoms with Crippen molar-refractivity contribution in [1.82, 2.24) is 10.2 Å². The van der Waals surface area contributed by atoms with E-state index in [0.29, 0.717) is 6.42 Å². The number of benzene rings is 1. The molecule has 0 saturated carbocycles. The van der Waals surface area contributed by atoms with Crippen molar-refractivity contribution in [3.63, 3.8) is 0 Å². The average molecular weight is 288 g/mol. The van der Waals surface area contributed by atoms with Gasteiger partial charge in [-0.1, -0.05) is 37.1 Å². The number of carbonyl (C=O) groups excluding carboxylic acids is 2. The first kappa shape index (κ1) is 15.5. The van der Waals surface area contributed by atoms with E-state index in [1.54, 1.807) is 0 Å². The van der Waals surface area contributed by atoms with Gasteiger partial charge in [-0.25, -0.2) is 0 Å². The topological polar surface area (TPSA) is 49.4 Å². The summed E-state index contributed by atoms with van der Waals surface area (Å²) in [5.74, 6) is -0.0532. The maximum atomic E-state index is 12.1. The highest BCUT2D eigenvalue weighted by Gasteiger charge is 2.16. The highest BCUT2D eigenvalue weighted by atomic mass is 16.2. The molecule has 1 fully saturated rings. The lowest BCUT2D eigenvalue weighted by atomic mass is 10.1. The third-order valence-corrected chi connectivity index (χ3v) is 4.01. The Morgan fingerprint density at radius 2 is 1.76 bits per heavy atom. The Morgan fingerprint density at radius 1 is 1.10 bits per heavy atom. The molecule has 0 unspecified atom stereocenters. The number of aryl methyl sites for hydroxylation is 1. The minimum Gasteiger partial charge on any atom is -0.347 e. The Labute approximate surface area is 126 Å². The summed E-state index contributed by atoms with van der Waals surface area (Å²) in [6.45, 7) is 3.76. The van der Waals surface area contributed by atoms with Crippen LogP contribution in [0.2, 0.25) is 0 Å². The molecular weight excluding hydrogens is 264 g/mol. The van der Waals surface area contributed by atoms with Gasteiger partial charge in [-0.05, 0) is 30.9 Å². The molecule has 4 heteroatoms. The van der Waals surface area contributed by atoms with Gasteiger partial charge in [0.05, 0.1) is 13.0 Å². The van der Waals surface area contributed by atoms with Crippen LogP contribution in [-0.2, 0) is 16.0 Å². The molecule has 4 nitrogen and oxygen atoms in total. The molecule has 1 saturated heterocycles. The third-order valence-electron chi connectivity index (χ3n) is 4.01. The zero-order chi connectivity index (χ0) is 15.1. The molecule has 1 aliphatic rings. The summed E-state index contributed by atoms with van der Waals surface area (Å²) in [6, 6.07) is 7.83. The van der Waals surface area contributed by atoms with E-state index < -0.39 is 0 Å². The second-order valence-electron chi connectivity index (χ2n) is 5.67. The Kier molecular flexibility index (Phi) is 5.78. The van der Waals surface area contributed by atoms with Crippen LogP contribution in [0.15, 0.2) is 24.3 Å². The fraction of sp³-hybridized carbons (Fsp3) is 0.529. The zero-order valence-electron chi connectivity index (χ0n) is 12.7. The predicted molar refractivity (Wildman–Crippen MR) is 82.9 cm³/mol. The van der Waals surface area contributed by atoms with E-state index >= 15 is 0 Å². The van der Waals surface area contributed by atoms with E-state index in [9.17, 15) is 9.59 Å². The smallest absolute Gasteiger partial charge is 0.241 e. The van der Waals surface area contributed by atoms with Crippen LogP contribution in [0.3, 0.4) is 0 Å². The van der Waals surface area contributed by atoms with Gasteiger partial charge in [0.15, 0.2) is 0 Å². The molecule has 1 aromatic carbocycles. The summed E-state index contributed by atoms with van der Waals surface area (Å²) < 4.78 is 0. The number of rotatable bonds is 4. The van der Waals surface area contributed by atoms with Gasteiger partial charge >= 0.3 is 0 Å². The molecule has 1 N–H and O–H groups in total. The van der Waals surface area contributed by atoms with Crippen LogP contribution in [0, 0.1) is 6.92 Å². The molecule has 0 radical (unpaired) electrons. The van der Waals surface area contributed by atoms with Crippen molar-refractivity contribution in [3.05, 3.63) is 35.4 Å². The Hall–Kier alpha value is -1.84. The molecule has 1 aromatic rings. The Morgan fingerprint density at radius 3 is 2.43 bits per heavy atom. The molecule has 2 amide bonds. The van der Waals surface area contributed by atoms with E-state index in [1.807, 2.05) is 36.1 Å². The molecule has 1 aliphatic heterocycles. The van der Waals surface area contributed by atoms with Crippen molar-refractivity contribution >= 4 is 11.8 Å². The Bertz CT molecular complexity index is 491. The van der Waals surface area contributed by atoms with E-state index in [0.717, 1.165) is 37.1 Å². The van der Waals surface area contributed by atoms with Crippen molar-refractivity contribution in [2.24, 2.45) is 0 Å². The standard InChI is InChI=1S/C17H24N2O2/c1-14-8-4-5-9-15(14)12-16(20)18-13-17(21)19-10-6-2-3-7-11-19/h4-5,8-9H,2-3,6-7,10-13H2,1H3,(H,18,20). The summed E-state index contributed by atoms with van der Waals surface area (Å²) in [5, 5.41) is 2.75. The molecule has 2 rings (SSSR count). The zero-order valence-corrected chi connectivity index (χ0v) is 12.7. The number of amides is 2. The van der Waals surface area contributed by atoms with Crippen molar-refractivity contribution in [1.29, 1.82) is 0 Å². The first-order valence-corrected chi connectivity index (χ1v) is 7.76. The quantitative estimate of drug-likeness (QED) is 0.922. The number of hydrogen-bond acceptors (Lipinski definition) is 2. The predicted octanol–water partition coefficient (Wildman–Crippen LogP) is 2.06. The highest BCUT2D eigenvalue weighted by molar-refractivity contribution is 5.85. The fourth-order valence-corrected chi connectivity index (χ4v) is 2.65. The lowest BCUT2D eigenvalue weighted by Gasteiger charge is -2.20. The normalized spacial score (nSPS) is 15.4. The molecule has 1 heterocycles. The van der Waals surface area contributed by atoms with Crippen LogP contribution >= 0.6 is 0 Å². The number of hydrogen-bond donors (Lipinski definition) is 1. The van der Waals surface area contributed by atoms with Crippen molar-refractivity contribution in [2.45, 2.75) is 39.0 Å². The van der Waals surface area contributed by atoms with Crippen molar-refractivity contribution in [2.75, 3.05) is 19.6 Å². The largest absolute Gasteiger partial charge is 0.347 e. The summed E-state index contributed by atoms with van der Waals surface area (Å²) in [6.07, 6.45) is 4.87. The van der Waals surface area contributed by atoms with Crippen LogP contribution in [0.1, 0.15) is 36.8 Å². The molecule has 0 spiro atoms. The average Bonchev–Trinajstić information content (AvgIpc) is 2.76. The van der Waals surface area contributed by atoms with Gasteiger partial charge in [-0.2, -0.15) is 0 Å². The van der Waals surface area contributed by atoms with Crippen LogP contribution in [0.5, 0.6) is 0 Å². The number of nitrogens with zero attached hydrogens (tertiary/aromatic N) is 1. The third kappa shape index (κ3) is 4.88. The van der Waals surface area contributed by atoms with Gasteiger partial charge in [-0.15, -0.1) is 0 Å². The fourth-order valence-electron chi connectivity index (χ4n) is 2.65. The molecule has 114 valence electrons. The lowest BCUT2D eigenvalue weighted by molar-refractivity contribution is -0.132.